The molecular formula is C13H12NO2S-. The molecule has 1 heterocycles. The highest BCUT2D eigenvalue weighted by Crippen LogP contribution is 2.28. The zero-order valence-electron chi connectivity index (χ0n) is 9.69. The van der Waals surface area contributed by atoms with Gasteiger partial charge in [-0.1, -0.05) is 29.8 Å². The van der Waals surface area contributed by atoms with Crippen LogP contribution in [0.3, 0.4) is 0 Å². The lowest BCUT2D eigenvalue weighted by atomic mass is 10.1. The molecule has 0 amide bonds. The molecule has 0 atom stereocenters. The van der Waals surface area contributed by atoms with E-state index < -0.39 is 5.97 Å². The van der Waals surface area contributed by atoms with E-state index in [0.717, 1.165) is 21.1 Å². The van der Waals surface area contributed by atoms with Gasteiger partial charge in [-0.2, -0.15) is 0 Å². The van der Waals surface area contributed by atoms with Gasteiger partial charge in [-0.15, -0.1) is 11.3 Å². The van der Waals surface area contributed by atoms with E-state index in [1.54, 1.807) is 0 Å². The van der Waals surface area contributed by atoms with E-state index in [4.69, 9.17) is 0 Å². The Morgan fingerprint density at radius 3 is 2.53 bits per heavy atom. The molecule has 0 aliphatic rings. The third-order valence-corrected chi connectivity index (χ3v) is 3.40. The summed E-state index contributed by atoms with van der Waals surface area (Å²) in [5, 5.41) is 11.6. The lowest BCUT2D eigenvalue weighted by Crippen LogP contribution is -2.24. The summed E-state index contributed by atoms with van der Waals surface area (Å²) >= 11 is 1.41. The summed E-state index contributed by atoms with van der Waals surface area (Å²) in [5.74, 6) is -1.07. The number of carboxylic acids is 1. The molecule has 0 saturated carbocycles. The fourth-order valence-electron chi connectivity index (χ4n) is 1.66. The van der Waals surface area contributed by atoms with Crippen LogP contribution in [-0.4, -0.2) is 11.0 Å². The van der Waals surface area contributed by atoms with Crippen molar-refractivity contribution in [2.45, 2.75) is 20.3 Å². The van der Waals surface area contributed by atoms with E-state index in [1.165, 1.54) is 16.9 Å². The molecule has 0 radical (unpaired) electrons. The zero-order chi connectivity index (χ0) is 12.4. The molecule has 0 aliphatic heterocycles. The van der Waals surface area contributed by atoms with E-state index in [1.807, 2.05) is 38.1 Å². The second kappa shape index (κ2) is 4.67. The highest BCUT2D eigenvalue weighted by molar-refractivity contribution is 7.12. The van der Waals surface area contributed by atoms with Crippen LogP contribution in [0.25, 0.3) is 11.3 Å². The first-order chi connectivity index (χ1) is 8.06. The van der Waals surface area contributed by atoms with Crippen molar-refractivity contribution in [1.82, 2.24) is 4.98 Å². The molecule has 0 saturated heterocycles. The fraction of sp³-hybridized carbons (Fsp3) is 0.231. The van der Waals surface area contributed by atoms with Crippen molar-refractivity contribution in [3.63, 3.8) is 0 Å². The van der Waals surface area contributed by atoms with Gasteiger partial charge in [0.25, 0.3) is 0 Å². The van der Waals surface area contributed by atoms with Gasteiger partial charge < -0.3 is 9.90 Å². The Hall–Kier alpha value is -1.68. The molecule has 1 aromatic heterocycles. The van der Waals surface area contributed by atoms with Crippen LogP contribution in [0.15, 0.2) is 24.3 Å². The molecular weight excluding hydrogens is 234 g/mol. The summed E-state index contributed by atoms with van der Waals surface area (Å²) in [7, 11) is 0. The molecule has 0 fully saturated rings. The largest absolute Gasteiger partial charge is 0.550 e. The highest BCUT2D eigenvalue weighted by Gasteiger charge is 2.11. The first kappa shape index (κ1) is 11.8. The lowest BCUT2D eigenvalue weighted by molar-refractivity contribution is -0.304. The third kappa shape index (κ3) is 2.71. The van der Waals surface area contributed by atoms with Gasteiger partial charge in [0, 0.05) is 22.8 Å². The number of hydrogen-bond donors (Lipinski definition) is 0. The molecule has 17 heavy (non-hydrogen) atoms. The predicted molar refractivity (Wildman–Crippen MR) is 65.7 cm³/mol. The van der Waals surface area contributed by atoms with Crippen LogP contribution in [0.2, 0.25) is 0 Å². The maximum absolute atomic E-state index is 10.7. The Bertz CT molecular complexity index is 543. The number of aryl methyl sites for hydroxylation is 2. The minimum absolute atomic E-state index is 0.0747. The minimum atomic E-state index is -1.07. The Balaban J connectivity index is 2.43. The first-order valence-electron chi connectivity index (χ1n) is 5.29. The van der Waals surface area contributed by atoms with Gasteiger partial charge in [0.05, 0.1) is 10.7 Å². The van der Waals surface area contributed by atoms with Crippen LogP contribution in [0.1, 0.15) is 15.4 Å². The number of carbonyl (C=O) groups excluding carboxylic acids is 1. The van der Waals surface area contributed by atoms with E-state index in [-0.39, 0.29) is 6.42 Å². The van der Waals surface area contributed by atoms with Crippen molar-refractivity contribution in [3.8, 4) is 11.3 Å². The summed E-state index contributed by atoms with van der Waals surface area (Å²) in [4.78, 5) is 15.8. The number of rotatable bonds is 3. The van der Waals surface area contributed by atoms with Gasteiger partial charge in [0.15, 0.2) is 0 Å². The molecule has 0 unspecified atom stereocenters. The van der Waals surface area contributed by atoms with Gasteiger partial charge in [0.2, 0.25) is 0 Å². The summed E-state index contributed by atoms with van der Waals surface area (Å²) in [6.45, 7) is 3.89. The third-order valence-electron chi connectivity index (χ3n) is 2.43. The summed E-state index contributed by atoms with van der Waals surface area (Å²) in [6.07, 6.45) is -0.0747. The average Bonchev–Trinajstić information content (AvgIpc) is 2.59. The van der Waals surface area contributed by atoms with Crippen LogP contribution in [0.4, 0.5) is 0 Å². The van der Waals surface area contributed by atoms with Crippen LogP contribution in [0, 0.1) is 13.8 Å². The fourth-order valence-corrected chi connectivity index (χ4v) is 2.60. The second-order valence-electron chi connectivity index (χ2n) is 3.92. The molecule has 0 bridgehead atoms. The molecule has 0 aliphatic carbocycles. The maximum atomic E-state index is 10.7. The molecule has 0 N–H and O–H groups in total. The maximum Gasteiger partial charge on any atom is 0.0904 e. The Labute approximate surface area is 104 Å². The van der Waals surface area contributed by atoms with Crippen LogP contribution < -0.4 is 5.11 Å². The number of aliphatic carboxylic acids is 1. The van der Waals surface area contributed by atoms with Crippen LogP contribution >= 0.6 is 11.3 Å². The molecule has 1 aromatic carbocycles. The topological polar surface area (TPSA) is 53.0 Å². The minimum Gasteiger partial charge on any atom is -0.550 e. The normalized spacial score (nSPS) is 10.5. The molecule has 2 rings (SSSR count). The highest BCUT2D eigenvalue weighted by atomic mass is 32.1. The molecule has 2 aromatic rings. The Kier molecular flexibility index (Phi) is 3.24. The zero-order valence-corrected chi connectivity index (χ0v) is 10.5. The number of carbonyl (C=O) groups is 1. The SMILES string of the molecule is Cc1ccc(-c2nc(C)sc2CC(=O)[O-])cc1. The Morgan fingerprint density at radius 1 is 1.29 bits per heavy atom. The van der Waals surface area contributed by atoms with Gasteiger partial charge in [0.1, 0.15) is 0 Å². The number of carboxylic acid groups (broad SMARTS) is 1. The number of nitrogens with zero attached hydrogens (tertiary/aromatic N) is 1. The summed E-state index contributed by atoms with van der Waals surface area (Å²) in [5.41, 5.74) is 2.88. The standard InChI is InChI=1S/C13H13NO2S/c1-8-3-5-10(6-4-8)13-11(7-12(15)16)17-9(2)14-13/h3-6H,7H2,1-2H3,(H,15,16)/p-1. The van der Waals surface area contributed by atoms with Crippen molar-refractivity contribution < 1.29 is 9.90 Å². The predicted octanol–water partition coefficient (Wildman–Crippen LogP) is 1.72. The van der Waals surface area contributed by atoms with E-state index in [0.29, 0.717) is 0 Å². The van der Waals surface area contributed by atoms with E-state index in [9.17, 15) is 9.90 Å². The lowest BCUT2D eigenvalue weighted by Gasteiger charge is -2.03. The quantitative estimate of drug-likeness (QED) is 0.828. The summed E-state index contributed by atoms with van der Waals surface area (Å²) in [6, 6.07) is 7.91. The van der Waals surface area contributed by atoms with E-state index in [2.05, 4.69) is 4.98 Å². The van der Waals surface area contributed by atoms with Gasteiger partial charge >= 0.3 is 0 Å². The molecule has 3 nitrogen and oxygen atoms in total. The van der Waals surface area contributed by atoms with Crippen LogP contribution in [0.5, 0.6) is 0 Å². The van der Waals surface area contributed by atoms with Crippen molar-refractivity contribution in [2.24, 2.45) is 0 Å². The first-order valence-corrected chi connectivity index (χ1v) is 6.11. The number of aromatic nitrogens is 1. The van der Waals surface area contributed by atoms with Gasteiger partial charge in [-0.05, 0) is 13.8 Å². The Morgan fingerprint density at radius 2 is 1.94 bits per heavy atom. The average molecular weight is 246 g/mol. The molecule has 88 valence electrons. The molecule has 0 spiro atoms. The summed E-state index contributed by atoms with van der Waals surface area (Å²) < 4.78 is 0. The monoisotopic (exact) mass is 246 g/mol. The second-order valence-corrected chi connectivity index (χ2v) is 5.21. The van der Waals surface area contributed by atoms with Crippen molar-refractivity contribution in [2.75, 3.05) is 0 Å². The van der Waals surface area contributed by atoms with Crippen LogP contribution in [-0.2, 0) is 11.2 Å². The number of thiazole rings is 1. The van der Waals surface area contributed by atoms with E-state index >= 15 is 0 Å². The smallest absolute Gasteiger partial charge is 0.0904 e. The van der Waals surface area contributed by atoms with Crippen molar-refractivity contribution in [1.29, 1.82) is 0 Å². The van der Waals surface area contributed by atoms with Crippen molar-refractivity contribution in [3.05, 3.63) is 39.7 Å². The molecule has 4 heteroatoms. The number of benzene rings is 1. The number of hydrogen-bond acceptors (Lipinski definition) is 4. The van der Waals surface area contributed by atoms with Gasteiger partial charge in [-0.25, -0.2) is 4.98 Å². The van der Waals surface area contributed by atoms with Crippen molar-refractivity contribution >= 4 is 17.3 Å². The van der Waals surface area contributed by atoms with Gasteiger partial charge in [-0.3, -0.25) is 0 Å².